The van der Waals surface area contributed by atoms with Crippen LogP contribution in [-0.4, -0.2) is 20.5 Å². The molecule has 6 nitrogen and oxygen atoms in total. The molecule has 0 radical (unpaired) electrons. The first-order chi connectivity index (χ1) is 11.4. The predicted molar refractivity (Wildman–Crippen MR) is 93.6 cm³/mol. The molecule has 1 aliphatic heterocycles. The maximum absolute atomic E-state index is 12.4. The first-order valence-corrected chi connectivity index (χ1v) is 9.23. The Labute approximate surface area is 145 Å². The van der Waals surface area contributed by atoms with Crippen molar-refractivity contribution < 1.29 is 13.2 Å². The number of hydrogen-bond donors (Lipinski definition) is 3. The van der Waals surface area contributed by atoms with Gasteiger partial charge in [0.05, 0.1) is 5.69 Å². The molecule has 24 heavy (non-hydrogen) atoms. The molecule has 1 aliphatic rings. The molecule has 1 unspecified atom stereocenters. The monoisotopic (exact) mass is 365 g/mol. The molecule has 0 aliphatic carbocycles. The first kappa shape index (κ1) is 16.8. The zero-order valence-electron chi connectivity index (χ0n) is 12.8. The molecule has 126 valence electrons. The number of rotatable bonds is 3. The van der Waals surface area contributed by atoms with Crippen LogP contribution in [0.2, 0.25) is 5.02 Å². The Morgan fingerprint density at radius 3 is 2.79 bits per heavy atom. The quantitative estimate of drug-likeness (QED) is 0.780. The Kier molecular flexibility index (Phi) is 4.49. The third-order valence-corrected chi connectivity index (χ3v) is 5.37. The molecule has 0 bridgehead atoms. The standard InChI is InChI=1S/C16H16ClN3O3S/c1-2-10-4-3-5-12(8-10)18-16(21)15-19-13-7-6-11(17)9-14(13)24(22,23)20-15/h3-9,15,19-20H,2H2,1H3,(H,18,21). The van der Waals surface area contributed by atoms with E-state index < -0.39 is 22.1 Å². The molecule has 1 atom stereocenters. The van der Waals surface area contributed by atoms with Gasteiger partial charge >= 0.3 is 0 Å². The fourth-order valence-corrected chi connectivity index (χ4v) is 3.98. The highest BCUT2D eigenvalue weighted by Crippen LogP contribution is 2.29. The number of amides is 1. The number of halogens is 1. The summed E-state index contributed by atoms with van der Waals surface area (Å²) in [5, 5.41) is 5.89. The second-order valence-electron chi connectivity index (χ2n) is 5.38. The van der Waals surface area contributed by atoms with E-state index in [1.165, 1.54) is 12.1 Å². The summed E-state index contributed by atoms with van der Waals surface area (Å²) in [6.45, 7) is 2.01. The van der Waals surface area contributed by atoms with Gasteiger partial charge in [-0.25, -0.2) is 8.42 Å². The van der Waals surface area contributed by atoms with Gasteiger partial charge < -0.3 is 10.6 Å². The van der Waals surface area contributed by atoms with Crippen LogP contribution >= 0.6 is 11.6 Å². The van der Waals surface area contributed by atoms with Crippen molar-refractivity contribution >= 4 is 38.9 Å². The number of benzene rings is 2. The van der Waals surface area contributed by atoms with Crippen LogP contribution in [0.15, 0.2) is 47.4 Å². The number of nitrogens with one attached hydrogen (secondary N) is 3. The molecule has 8 heteroatoms. The zero-order valence-corrected chi connectivity index (χ0v) is 14.4. The molecule has 3 rings (SSSR count). The minimum atomic E-state index is -3.82. The van der Waals surface area contributed by atoms with Crippen molar-refractivity contribution in [3.05, 3.63) is 53.1 Å². The first-order valence-electron chi connectivity index (χ1n) is 7.37. The van der Waals surface area contributed by atoms with Crippen LogP contribution in [-0.2, 0) is 21.2 Å². The van der Waals surface area contributed by atoms with Gasteiger partial charge in [-0.2, -0.15) is 4.72 Å². The van der Waals surface area contributed by atoms with Gasteiger partial charge in [0.15, 0.2) is 6.17 Å². The smallest absolute Gasteiger partial charge is 0.262 e. The lowest BCUT2D eigenvalue weighted by Crippen LogP contribution is -2.51. The van der Waals surface area contributed by atoms with Gasteiger partial charge in [0.2, 0.25) is 10.0 Å². The van der Waals surface area contributed by atoms with E-state index in [0.717, 1.165) is 12.0 Å². The van der Waals surface area contributed by atoms with Crippen LogP contribution in [0.3, 0.4) is 0 Å². The molecule has 3 N–H and O–H groups in total. The molecule has 0 fully saturated rings. The molecule has 1 amide bonds. The molecule has 1 heterocycles. The molecule has 2 aromatic rings. The van der Waals surface area contributed by atoms with Crippen molar-refractivity contribution in [2.75, 3.05) is 10.6 Å². The number of carbonyl (C=O) groups is 1. The van der Waals surface area contributed by atoms with E-state index in [-0.39, 0.29) is 4.90 Å². The Bertz CT molecular complexity index is 899. The fourth-order valence-electron chi connectivity index (χ4n) is 2.44. The lowest BCUT2D eigenvalue weighted by atomic mass is 10.1. The Balaban J connectivity index is 1.83. The highest BCUT2D eigenvalue weighted by atomic mass is 35.5. The van der Waals surface area contributed by atoms with Crippen LogP contribution in [0.4, 0.5) is 11.4 Å². The van der Waals surface area contributed by atoms with E-state index in [2.05, 4.69) is 15.4 Å². The van der Waals surface area contributed by atoms with Gasteiger partial charge in [-0.3, -0.25) is 4.79 Å². The minimum Gasteiger partial charge on any atom is -0.360 e. The lowest BCUT2D eigenvalue weighted by molar-refractivity contribution is -0.117. The summed E-state index contributed by atoms with van der Waals surface area (Å²) in [6, 6.07) is 11.8. The summed E-state index contributed by atoms with van der Waals surface area (Å²) in [4.78, 5) is 12.4. The summed E-state index contributed by atoms with van der Waals surface area (Å²) in [5.74, 6) is -0.493. The van der Waals surface area contributed by atoms with Crippen LogP contribution in [0, 0.1) is 0 Å². The van der Waals surface area contributed by atoms with E-state index in [4.69, 9.17) is 11.6 Å². The van der Waals surface area contributed by atoms with Gasteiger partial charge in [-0.15, -0.1) is 0 Å². The van der Waals surface area contributed by atoms with Gasteiger partial charge in [0.1, 0.15) is 4.90 Å². The van der Waals surface area contributed by atoms with Crippen LogP contribution in [0.5, 0.6) is 0 Å². The number of hydrogen-bond acceptors (Lipinski definition) is 4. The van der Waals surface area contributed by atoms with E-state index >= 15 is 0 Å². The summed E-state index contributed by atoms with van der Waals surface area (Å²) in [5.41, 5.74) is 2.02. The number of anilines is 2. The topological polar surface area (TPSA) is 87.3 Å². The number of aryl methyl sites for hydroxylation is 1. The molecule has 0 aromatic heterocycles. The van der Waals surface area contributed by atoms with E-state index in [1.54, 1.807) is 12.1 Å². The van der Waals surface area contributed by atoms with Crippen molar-refractivity contribution in [2.24, 2.45) is 0 Å². The maximum Gasteiger partial charge on any atom is 0.262 e. The second-order valence-corrected chi connectivity index (χ2v) is 7.50. The summed E-state index contributed by atoms with van der Waals surface area (Å²) < 4.78 is 26.9. The minimum absolute atomic E-state index is 0.0204. The van der Waals surface area contributed by atoms with Gasteiger partial charge in [0.25, 0.3) is 5.91 Å². The Morgan fingerprint density at radius 2 is 2.04 bits per heavy atom. The highest BCUT2D eigenvalue weighted by molar-refractivity contribution is 7.89. The van der Waals surface area contributed by atoms with Crippen molar-refractivity contribution in [1.82, 2.24) is 4.72 Å². The molecule has 0 spiro atoms. The number of sulfonamides is 1. The van der Waals surface area contributed by atoms with Gasteiger partial charge in [-0.05, 0) is 42.3 Å². The molecular formula is C16H16ClN3O3S. The number of carbonyl (C=O) groups excluding carboxylic acids is 1. The van der Waals surface area contributed by atoms with Crippen LogP contribution < -0.4 is 15.4 Å². The average Bonchev–Trinajstić information content (AvgIpc) is 2.55. The third kappa shape index (κ3) is 3.38. The van der Waals surface area contributed by atoms with Gasteiger partial charge in [-0.1, -0.05) is 30.7 Å². The molecule has 0 saturated heterocycles. The van der Waals surface area contributed by atoms with E-state index in [9.17, 15) is 13.2 Å². The predicted octanol–water partition coefficient (Wildman–Crippen LogP) is 2.57. The number of fused-ring (bicyclic) bond motifs is 1. The maximum atomic E-state index is 12.4. The van der Waals surface area contributed by atoms with Crippen molar-refractivity contribution in [3.8, 4) is 0 Å². The van der Waals surface area contributed by atoms with Gasteiger partial charge in [0, 0.05) is 10.7 Å². The zero-order chi connectivity index (χ0) is 17.3. The molecule has 2 aromatic carbocycles. The van der Waals surface area contributed by atoms with E-state index in [0.29, 0.717) is 16.4 Å². The summed E-state index contributed by atoms with van der Waals surface area (Å²) >= 11 is 5.84. The van der Waals surface area contributed by atoms with Crippen molar-refractivity contribution in [2.45, 2.75) is 24.4 Å². The van der Waals surface area contributed by atoms with Crippen molar-refractivity contribution in [3.63, 3.8) is 0 Å². The Morgan fingerprint density at radius 1 is 1.25 bits per heavy atom. The van der Waals surface area contributed by atoms with Crippen molar-refractivity contribution in [1.29, 1.82) is 0 Å². The summed E-state index contributed by atoms with van der Waals surface area (Å²) in [6.07, 6.45) is -0.263. The molecule has 0 saturated carbocycles. The SMILES string of the molecule is CCc1cccc(NC(=O)C2Nc3ccc(Cl)cc3S(=O)(=O)N2)c1. The molecular weight excluding hydrogens is 350 g/mol. The average molecular weight is 366 g/mol. The van der Waals surface area contributed by atoms with Crippen LogP contribution in [0.1, 0.15) is 12.5 Å². The van der Waals surface area contributed by atoms with E-state index in [1.807, 2.05) is 25.1 Å². The normalized spacial score (nSPS) is 18.3. The fraction of sp³-hybridized carbons (Fsp3) is 0.188. The largest absolute Gasteiger partial charge is 0.360 e. The second kappa shape index (κ2) is 6.43. The Hall–Kier alpha value is -2.09. The third-order valence-electron chi connectivity index (χ3n) is 3.67. The van der Waals surface area contributed by atoms with Crippen LogP contribution in [0.25, 0.3) is 0 Å². The lowest BCUT2D eigenvalue weighted by Gasteiger charge is -2.27. The highest BCUT2D eigenvalue weighted by Gasteiger charge is 2.33. The summed E-state index contributed by atoms with van der Waals surface area (Å²) in [7, 11) is -3.82.